The summed E-state index contributed by atoms with van der Waals surface area (Å²) in [4.78, 5) is 4.26. The Labute approximate surface area is 172 Å². The number of hydrogen-bond acceptors (Lipinski definition) is 5. The third-order valence-corrected chi connectivity index (χ3v) is 4.30. The molecule has 1 N–H and O–H groups in total. The maximum absolute atomic E-state index is 5.87. The van der Waals surface area contributed by atoms with Crippen molar-refractivity contribution in [3.8, 4) is 17.2 Å². The smallest absolute Gasteiger partial charge is 0.161 e. The fourth-order valence-electron chi connectivity index (χ4n) is 2.87. The molecule has 5 heteroatoms. The predicted molar refractivity (Wildman–Crippen MR) is 116 cm³/mol. The molecule has 0 aliphatic heterocycles. The van der Waals surface area contributed by atoms with E-state index < -0.39 is 0 Å². The number of aromatic nitrogens is 1. The van der Waals surface area contributed by atoms with Crippen molar-refractivity contribution in [3.05, 3.63) is 90.6 Å². The van der Waals surface area contributed by atoms with E-state index in [4.69, 9.17) is 14.2 Å². The van der Waals surface area contributed by atoms with Crippen LogP contribution in [0.25, 0.3) is 0 Å². The number of rotatable bonds is 11. The second-order valence-corrected chi connectivity index (χ2v) is 6.35. The summed E-state index contributed by atoms with van der Waals surface area (Å²) < 4.78 is 17.2. The number of benzene rings is 2. The van der Waals surface area contributed by atoms with Crippen LogP contribution in [-0.4, -0.2) is 25.3 Å². The summed E-state index contributed by atoms with van der Waals surface area (Å²) in [6, 6.07) is 19.6. The first-order valence-electron chi connectivity index (χ1n) is 9.56. The fourth-order valence-corrected chi connectivity index (χ4v) is 2.87. The highest BCUT2D eigenvalue weighted by molar-refractivity contribution is 5.44. The predicted octanol–water partition coefficient (Wildman–Crippen LogP) is 4.89. The van der Waals surface area contributed by atoms with Crippen LogP contribution in [0.15, 0.2) is 79.5 Å². The molecule has 3 aromatic rings. The third kappa shape index (κ3) is 6.01. The van der Waals surface area contributed by atoms with Gasteiger partial charge < -0.3 is 19.5 Å². The number of nitrogens with zero attached hydrogens (tertiary/aromatic N) is 1. The molecule has 1 aromatic heterocycles. The summed E-state index contributed by atoms with van der Waals surface area (Å²) in [5.74, 6) is 3.08. The number of methoxy groups -OCH3 is 1. The van der Waals surface area contributed by atoms with E-state index in [1.807, 2.05) is 66.7 Å². The lowest BCUT2D eigenvalue weighted by molar-refractivity contribution is 0.210. The molecule has 5 nitrogen and oxygen atoms in total. The number of nitrogens with one attached hydrogen (secondary N) is 1. The summed E-state index contributed by atoms with van der Waals surface area (Å²) in [6.45, 7) is 5.30. The van der Waals surface area contributed by atoms with Crippen molar-refractivity contribution in [1.29, 1.82) is 0 Å². The van der Waals surface area contributed by atoms with Crippen LogP contribution < -0.4 is 19.5 Å². The maximum atomic E-state index is 5.87. The molecule has 1 heterocycles. The Bertz CT molecular complexity index is 913. The second-order valence-electron chi connectivity index (χ2n) is 6.35. The van der Waals surface area contributed by atoms with Gasteiger partial charge in [-0.3, -0.25) is 0 Å². The first-order chi connectivity index (χ1) is 14.3. The molecule has 0 bridgehead atoms. The molecule has 0 saturated heterocycles. The number of anilines is 1. The summed E-state index contributed by atoms with van der Waals surface area (Å²) >= 11 is 0. The Morgan fingerprint density at radius 2 is 1.72 bits per heavy atom. The van der Waals surface area contributed by atoms with Crippen LogP contribution in [0.5, 0.6) is 17.2 Å². The van der Waals surface area contributed by atoms with Crippen molar-refractivity contribution in [2.45, 2.75) is 13.0 Å². The standard InChI is InChI=1S/C24H26N2O3/c1-3-8-20-9-4-5-10-21(20)28-15-16-29-22-13-12-19(17-23(22)27-2)18-26-24-11-6-7-14-25-24/h3-7,9-14,17H,1,8,15-16,18H2,2H3,(H,25,26). The van der Waals surface area contributed by atoms with E-state index >= 15 is 0 Å². The van der Waals surface area contributed by atoms with Crippen LogP contribution in [0.2, 0.25) is 0 Å². The van der Waals surface area contributed by atoms with Gasteiger partial charge in [-0.1, -0.05) is 36.4 Å². The zero-order valence-electron chi connectivity index (χ0n) is 16.6. The Morgan fingerprint density at radius 3 is 2.48 bits per heavy atom. The van der Waals surface area contributed by atoms with Gasteiger partial charge in [0.1, 0.15) is 24.8 Å². The number of ether oxygens (including phenoxy) is 3. The molecule has 0 amide bonds. The average Bonchev–Trinajstić information content (AvgIpc) is 2.77. The van der Waals surface area contributed by atoms with Gasteiger partial charge in [-0.25, -0.2) is 4.98 Å². The first-order valence-corrected chi connectivity index (χ1v) is 9.56. The normalized spacial score (nSPS) is 10.2. The molecule has 0 unspecified atom stereocenters. The Hall–Kier alpha value is -3.47. The van der Waals surface area contributed by atoms with E-state index in [1.165, 1.54) is 0 Å². The minimum absolute atomic E-state index is 0.421. The minimum atomic E-state index is 0.421. The third-order valence-electron chi connectivity index (χ3n) is 4.30. The fraction of sp³-hybridized carbons (Fsp3) is 0.208. The van der Waals surface area contributed by atoms with Crippen LogP contribution in [0.4, 0.5) is 5.82 Å². The van der Waals surface area contributed by atoms with Crippen LogP contribution >= 0.6 is 0 Å². The molecule has 0 spiro atoms. The van der Waals surface area contributed by atoms with Gasteiger partial charge in [0.15, 0.2) is 11.5 Å². The average molecular weight is 390 g/mol. The molecule has 29 heavy (non-hydrogen) atoms. The highest BCUT2D eigenvalue weighted by atomic mass is 16.5. The van der Waals surface area contributed by atoms with Gasteiger partial charge in [-0.2, -0.15) is 0 Å². The SMILES string of the molecule is C=CCc1ccccc1OCCOc1ccc(CNc2ccccn2)cc1OC. The molecule has 0 fully saturated rings. The highest BCUT2D eigenvalue weighted by Gasteiger charge is 2.07. The number of allylic oxidation sites excluding steroid dienone is 1. The van der Waals surface area contributed by atoms with Crippen molar-refractivity contribution in [2.24, 2.45) is 0 Å². The van der Waals surface area contributed by atoms with E-state index in [-0.39, 0.29) is 0 Å². The van der Waals surface area contributed by atoms with Crippen molar-refractivity contribution in [2.75, 3.05) is 25.6 Å². The molecule has 0 saturated carbocycles. The van der Waals surface area contributed by atoms with E-state index in [1.54, 1.807) is 13.3 Å². The monoisotopic (exact) mass is 390 g/mol. The molecule has 0 atom stereocenters. The lowest BCUT2D eigenvalue weighted by atomic mass is 10.1. The number of para-hydroxylation sites is 1. The van der Waals surface area contributed by atoms with Gasteiger partial charge >= 0.3 is 0 Å². The van der Waals surface area contributed by atoms with Crippen LogP contribution in [0.3, 0.4) is 0 Å². The Morgan fingerprint density at radius 1 is 0.931 bits per heavy atom. The van der Waals surface area contributed by atoms with Crippen molar-refractivity contribution in [3.63, 3.8) is 0 Å². The van der Waals surface area contributed by atoms with Crippen LogP contribution in [-0.2, 0) is 13.0 Å². The summed E-state index contributed by atoms with van der Waals surface area (Å²) in [6.07, 6.45) is 4.41. The topological polar surface area (TPSA) is 52.6 Å². The zero-order valence-corrected chi connectivity index (χ0v) is 16.6. The zero-order chi connectivity index (χ0) is 20.3. The molecule has 0 aliphatic carbocycles. The lowest BCUT2D eigenvalue weighted by Crippen LogP contribution is -2.10. The molecule has 3 rings (SSSR count). The molecule has 150 valence electrons. The van der Waals surface area contributed by atoms with Crippen molar-refractivity contribution in [1.82, 2.24) is 4.98 Å². The van der Waals surface area contributed by atoms with Gasteiger partial charge in [-0.15, -0.1) is 6.58 Å². The first kappa shape index (κ1) is 20.3. The van der Waals surface area contributed by atoms with Gasteiger partial charge in [-0.05, 0) is 47.9 Å². The van der Waals surface area contributed by atoms with Crippen molar-refractivity contribution >= 4 is 5.82 Å². The highest BCUT2D eigenvalue weighted by Crippen LogP contribution is 2.28. The van der Waals surface area contributed by atoms with Gasteiger partial charge in [0.05, 0.1) is 7.11 Å². The molecule has 2 aromatic carbocycles. The molecule has 0 radical (unpaired) electrons. The van der Waals surface area contributed by atoms with Gasteiger partial charge in [0, 0.05) is 12.7 Å². The number of pyridine rings is 1. The quantitative estimate of drug-likeness (QED) is 0.373. The van der Waals surface area contributed by atoms with Gasteiger partial charge in [0.2, 0.25) is 0 Å². The van der Waals surface area contributed by atoms with Gasteiger partial charge in [0.25, 0.3) is 0 Å². The van der Waals surface area contributed by atoms with Crippen LogP contribution in [0.1, 0.15) is 11.1 Å². The van der Waals surface area contributed by atoms with Crippen molar-refractivity contribution < 1.29 is 14.2 Å². The Balaban J connectivity index is 1.52. The summed E-state index contributed by atoms with van der Waals surface area (Å²) in [5.41, 5.74) is 2.19. The molecular weight excluding hydrogens is 364 g/mol. The second kappa shape index (κ2) is 10.8. The molecular formula is C24H26N2O3. The van der Waals surface area contributed by atoms with E-state index in [0.29, 0.717) is 31.3 Å². The Kier molecular flexibility index (Phi) is 7.52. The van der Waals surface area contributed by atoms with E-state index in [0.717, 1.165) is 29.1 Å². The molecule has 0 aliphatic rings. The lowest BCUT2D eigenvalue weighted by Gasteiger charge is -2.14. The minimum Gasteiger partial charge on any atom is -0.493 e. The summed E-state index contributed by atoms with van der Waals surface area (Å²) in [5, 5.41) is 3.28. The van der Waals surface area contributed by atoms with E-state index in [9.17, 15) is 0 Å². The maximum Gasteiger partial charge on any atom is 0.161 e. The van der Waals surface area contributed by atoms with E-state index in [2.05, 4.69) is 16.9 Å². The summed E-state index contributed by atoms with van der Waals surface area (Å²) in [7, 11) is 1.64. The van der Waals surface area contributed by atoms with Crippen LogP contribution in [0, 0.1) is 0 Å². The largest absolute Gasteiger partial charge is 0.493 e. The number of hydrogen-bond donors (Lipinski definition) is 1.